The molecule has 0 radical (unpaired) electrons. The zero-order chi connectivity index (χ0) is 17.4. The summed E-state index contributed by atoms with van der Waals surface area (Å²) in [6.45, 7) is 2.36. The van der Waals surface area contributed by atoms with Crippen LogP contribution < -0.4 is 9.04 Å². The predicted molar refractivity (Wildman–Crippen MR) is 97.3 cm³/mol. The van der Waals surface area contributed by atoms with E-state index in [1.165, 1.54) is 0 Å². The number of aromatic nitrogens is 2. The topological polar surface area (TPSA) is 55.3 Å². The number of nitrogens with zero attached hydrogens (tertiary/aromatic N) is 3. The molecule has 0 fully saturated rings. The third-order valence-electron chi connectivity index (χ3n) is 3.75. The normalized spacial score (nSPS) is 15.9. The summed E-state index contributed by atoms with van der Waals surface area (Å²) in [4.78, 5) is 9.66. The lowest BCUT2D eigenvalue weighted by Crippen LogP contribution is -2.21. The van der Waals surface area contributed by atoms with Crippen LogP contribution in [0.4, 0.5) is 5.95 Å². The average molecular weight is 372 g/mol. The fourth-order valence-corrected chi connectivity index (χ4v) is 4.00. The Bertz CT molecular complexity index is 963. The number of benzene rings is 2. The van der Waals surface area contributed by atoms with Crippen molar-refractivity contribution in [1.29, 1.82) is 0 Å². The first-order valence-corrected chi connectivity index (χ1v) is 9.15. The molecule has 1 aromatic heterocycles. The van der Waals surface area contributed by atoms with Crippen LogP contribution >= 0.6 is 11.6 Å². The molecule has 0 N–H and O–H groups in total. The molecule has 4 rings (SSSR count). The fourth-order valence-electron chi connectivity index (χ4n) is 2.59. The van der Waals surface area contributed by atoms with Gasteiger partial charge < -0.3 is 4.74 Å². The second kappa shape index (κ2) is 6.46. The van der Waals surface area contributed by atoms with Gasteiger partial charge >= 0.3 is 0 Å². The Morgan fingerprint density at radius 3 is 2.64 bits per heavy atom. The minimum Gasteiger partial charge on any atom is -0.439 e. The van der Waals surface area contributed by atoms with Gasteiger partial charge in [-0.1, -0.05) is 29.8 Å². The summed E-state index contributed by atoms with van der Waals surface area (Å²) in [5.41, 5.74) is 1.76. The molecule has 7 heteroatoms. The van der Waals surface area contributed by atoms with Crippen molar-refractivity contribution in [3.63, 3.8) is 0 Å². The summed E-state index contributed by atoms with van der Waals surface area (Å²) in [5.74, 6) is 1.41. The highest BCUT2D eigenvalue weighted by Gasteiger charge is 2.29. The average Bonchev–Trinajstić information content (AvgIpc) is 2.94. The molecule has 0 bridgehead atoms. The standard InChI is InChI=1S/C18H14ClN3O2S/c1-12-10-17(24-15-8-6-14(19)7-9-15)21-18(20-12)22-11-13-4-2-3-5-16(13)25(22)23/h2-10H,11H2,1H3. The predicted octanol–water partition coefficient (Wildman–Crippen LogP) is 4.27. The van der Waals surface area contributed by atoms with Crippen LogP contribution in [-0.2, 0) is 17.5 Å². The van der Waals surface area contributed by atoms with Crippen LogP contribution in [0.5, 0.6) is 11.6 Å². The SMILES string of the molecule is Cc1cc(Oc2ccc(Cl)cc2)nc(N2Cc3ccccc3S2=O)n1. The van der Waals surface area contributed by atoms with E-state index in [0.717, 1.165) is 16.2 Å². The van der Waals surface area contributed by atoms with E-state index in [0.29, 0.717) is 29.1 Å². The third-order valence-corrected chi connectivity index (χ3v) is 5.47. The summed E-state index contributed by atoms with van der Waals surface area (Å²) in [7, 11) is -1.32. The molecule has 0 saturated carbocycles. The Balaban J connectivity index is 1.64. The van der Waals surface area contributed by atoms with Crippen LogP contribution in [-0.4, -0.2) is 14.2 Å². The van der Waals surface area contributed by atoms with Gasteiger partial charge in [-0.25, -0.2) is 9.19 Å². The molecule has 1 aliphatic heterocycles. The minimum atomic E-state index is -1.32. The number of rotatable bonds is 3. The van der Waals surface area contributed by atoms with Crippen LogP contribution in [0.3, 0.4) is 0 Å². The second-order valence-corrected chi connectivity index (χ2v) is 7.41. The first-order valence-electron chi connectivity index (χ1n) is 7.66. The molecule has 2 aromatic carbocycles. The Morgan fingerprint density at radius 1 is 1.12 bits per heavy atom. The monoisotopic (exact) mass is 371 g/mol. The molecular weight excluding hydrogens is 358 g/mol. The molecular formula is C18H14ClN3O2S. The van der Waals surface area contributed by atoms with Gasteiger partial charge in [0, 0.05) is 16.8 Å². The third kappa shape index (κ3) is 3.23. The van der Waals surface area contributed by atoms with Crippen molar-refractivity contribution in [2.75, 3.05) is 4.31 Å². The van der Waals surface area contributed by atoms with Crippen molar-refractivity contribution >= 4 is 28.5 Å². The van der Waals surface area contributed by atoms with Crippen LogP contribution in [0.1, 0.15) is 11.3 Å². The summed E-state index contributed by atoms with van der Waals surface area (Å²) in [6, 6.07) is 16.4. The van der Waals surface area contributed by atoms with Gasteiger partial charge in [0.2, 0.25) is 11.8 Å². The molecule has 0 saturated heterocycles. The number of anilines is 1. The highest BCUT2D eigenvalue weighted by Crippen LogP contribution is 2.31. The van der Waals surface area contributed by atoms with E-state index in [9.17, 15) is 4.21 Å². The molecule has 0 spiro atoms. The zero-order valence-corrected chi connectivity index (χ0v) is 14.9. The molecule has 1 aliphatic rings. The van der Waals surface area contributed by atoms with E-state index in [2.05, 4.69) is 9.97 Å². The molecule has 0 amide bonds. The molecule has 2 heterocycles. The highest BCUT2D eigenvalue weighted by atomic mass is 35.5. The van der Waals surface area contributed by atoms with Gasteiger partial charge in [0.1, 0.15) is 5.75 Å². The molecule has 5 nitrogen and oxygen atoms in total. The van der Waals surface area contributed by atoms with E-state index in [1.807, 2.05) is 31.2 Å². The van der Waals surface area contributed by atoms with Gasteiger partial charge in [-0.15, -0.1) is 0 Å². The summed E-state index contributed by atoms with van der Waals surface area (Å²) in [5, 5.41) is 0.636. The molecule has 1 atom stereocenters. The maximum Gasteiger partial charge on any atom is 0.241 e. The van der Waals surface area contributed by atoms with E-state index < -0.39 is 11.0 Å². The van der Waals surface area contributed by atoms with E-state index in [4.69, 9.17) is 16.3 Å². The van der Waals surface area contributed by atoms with Crippen LogP contribution in [0.25, 0.3) is 0 Å². The number of fused-ring (bicyclic) bond motifs is 1. The summed E-state index contributed by atoms with van der Waals surface area (Å²) < 4.78 is 20.2. The number of hydrogen-bond acceptors (Lipinski definition) is 4. The largest absolute Gasteiger partial charge is 0.439 e. The van der Waals surface area contributed by atoms with Crippen molar-refractivity contribution in [2.24, 2.45) is 0 Å². The van der Waals surface area contributed by atoms with Gasteiger partial charge in [0.15, 0.2) is 11.0 Å². The van der Waals surface area contributed by atoms with Crippen LogP contribution in [0.2, 0.25) is 5.02 Å². The van der Waals surface area contributed by atoms with Crippen molar-refractivity contribution in [3.05, 3.63) is 70.9 Å². The maximum absolute atomic E-state index is 12.7. The second-order valence-electron chi connectivity index (χ2n) is 5.60. The first kappa shape index (κ1) is 16.1. The molecule has 0 aliphatic carbocycles. The minimum absolute atomic E-state index is 0.387. The quantitative estimate of drug-likeness (QED) is 0.689. The Kier molecular flexibility index (Phi) is 4.15. The Morgan fingerprint density at radius 2 is 1.88 bits per heavy atom. The van der Waals surface area contributed by atoms with Gasteiger partial charge in [0.25, 0.3) is 0 Å². The lowest BCUT2D eigenvalue weighted by Gasteiger charge is -2.15. The highest BCUT2D eigenvalue weighted by molar-refractivity contribution is 7.86. The van der Waals surface area contributed by atoms with Crippen molar-refractivity contribution in [2.45, 2.75) is 18.4 Å². The molecule has 1 unspecified atom stereocenters. The first-order chi connectivity index (χ1) is 12.1. The number of aryl methyl sites for hydroxylation is 1. The Labute approximate surface area is 152 Å². The van der Waals surface area contributed by atoms with Gasteiger partial charge in [-0.05, 0) is 42.8 Å². The summed E-state index contributed by atoms with van der Waals surface area (Å²) >= 11 is 5.89. The molecule has 126 valence electrons. The van der Waals surface area contributed by atoms with Crippen LogP contribution in [0.15, 0.2) is 59.5 Å². The fraction of sp³-hybridized carbons (Fsp3) is 0.111. The molecule has 25 heavy (non-hydrogen) atoms. The van der Waals surface area contributed by atoms with Gasteiger partial charge in [-0.3, -0.25) is 4.31 Å². The van der Waals surface area contributed by atoms with E-state index >= 15 is 0 Å². The molecule has 3 aromatic rings. The summed E-state index contributed by atoms with van der Waals surface area (Å²) in [6.07, 6.45) is 0. The number of hydrogen-bond donors (Lipinski definition) is 0. The van der Waals surface area contributed by atoms with E-state index in [1.54, 1.807) is 34.6 Å². The van der Waals surface area contributed by atoms with E-state index in [-0.39, 0.29) is 0 Å². The van der Waals surface area contributed by atoms with Gasteiger partial charge in [0.05, 0.1) is 11.4 Å². The lowest BCUT2D eigenvalue weighted by molar-refractivity contribution is 0.461. The van der Waals surface area contributed by atoms with Crippen LogP contribution in [0, 0.1) is 6.92 Å². The van der Waals surface area contributed by atoms with Crippen molar-refractivity contribution in [1.82, 2.24) is 9.97 Å². The van der Waals surface area contributed by atoms with Crippen molar-refractivity contribution in [3.8, 4) is 11.6 Å². The number of halogens is 1. The smallest absolute Gasteiger partial charge is 0.241 e. The maximum atomic E-state index is 12.7. The number of ether oxygens (including phenoxy) is 1. The van der Waals surface area contributed by atoms with Crippen molar-refractivity contribution < 1.29 is 8.95 Å². The lowest BCUT2D eigenvalue weighted by atomic mass is 10.2. The zero-order valence-electron chi connectivity index (χ0n) is 13.3. The Hall–Kier alpha value is -2.44. The van der Waals surface area contributed by atoms with Gasteiger partial charge in [-0.2, -0.15) is 4.98 Å².